The minimum Gasteiger partial charge on any atom is -0.341 e. The molecule has 2 aliphatic heterocycles. The number of fused-ring (bicyclic) bond motifs is 1. The molecule has 1 aromatic carbocycles. The van der Waals surface area contributed by atoms with Crippen molar-refractivity contribution in [2.45, 2.75) is 39.0 Å². The van der Waals surface area contributed by atoms with Crippen molar-refractivity contribution in [2.24, 2.45) is 10.9 Å². The highest BCUT2D eigenvalue weighted by atomic mass is 16.2. The van der Waals surface area contributed by atoms with E-state index in [1.165, 1.54) is 10.5 Å². The van der Waals surface area contributed by atoms with Gasteiger partial charge in [-0.05, 0) is 17.9 Å². The molecule has 0 radical (unpaired) electrons. The molecule has 0 aromatic heterocycles. The van der Waals surface area contributed by atoms with Crippen molar-refractivity contribution in [1.29, 1.82) is 0 Å². The Bertz CT molecular complexity index is 733. The molecule has 1 aromatic rings. The number of imide groups is 1. The van der Waals surface area contributed by atoms with E-state index >= 15 is 0 Å². The number of urea groups is 1. The summed E-state index contributed by atoms with van der Waals surface area (Å²) in [6.45, 7) is 5.77. The molecule has 3 amide bonds. The average molecular weight is 371 g/mol. The monoisotopic (exact) mass is 371 g/mol. The first-order valence-electron chi connectivity index (χ1n) is 9.45. The van der Waals surface area contributed by atoms with Crippen LogP contribution in [0.4, 0.5) is 4.79 Å². The van der Waals surface area contributed by atoms with Gasteiger partial charge in [-0.3, -0.25) is 9.69 Å². The summed E-state index contributed by atoms with van der Waals surface area (Å²) >= 11 is 0. The Morgan fingerprint density at radius 2 is 1.81 bits per heavy atom. The van der Waals surface area contributed by atoms with Crippen LogP contribution >= 0.6 is 0 Å². The summed E-state index contributed by atoms with van der Waals surface area (Å²) in [5.41, 5.74) is 1.18. The second-order valence-electron chi connectivity index (χ2n) is 7.80. The van der Waals surface area contributed by atoms with Crippen LogP contribution in [0.15, 0.2) is 35.3 Å². The van der Waals surface area contributed by atoms with Gasteiger partial charge in [0, 0.05) is 34.2 Å². The molecule has 27 heavy (non-hydrogen) atoms. The third-order valence-electron chi connectivity index (χ3n) is 5.24. The van der Waals surface area contributed by atoms with Crippen molar-refractivity contribution in [2.75, 3.05) is 27.7 Å². The molecule has 0 N–H and O–H groups in total. The Labute approximate surface area is 161 Å². The van der Waals surface area contributed by atoms with Gasteiger partial charge < -0.3 is 14.7 Å². The van der Waals surface area contributed by atoms with Gasteiger partial charge in [-0.15, -0.1) is 0 Å². The van der Waals surface area contributed by atoms with Crippen molar-refractivity contribution in [1.82, 2.24) is 19.6 Å². The van der Waals surface area contributed by atoms with E-state index in [9.17, 15) is 9.59 Å². The minimum absolute atomic E-state index is 0.182. The van der Waals surface area contributed by atoms with Gasteiger partial charge in [-0.1, -0.05) is 44.2 Å². The van der Waals surface area contributed by atoms with E-state index in [2.05, 4.69) is 35.8 Å². The smallest absolute Gasteiger partial charge is 0.328 e. The van der Waals surface area contributed by atoms with Crippen LogP contribution < -0.4 is 0 Å². The lowest BCUT2D eigenvalue weighted by molar-refractivity contribution is -0.136. The first-order valence-corrected chi connectivity index (χ1v) is 9.45. The molecule has 7 heteroatoms. The van der Waals surface area contributed by atoms with Crippen molar-refractivity contribution < 1.29 is 9.59 Å². The van der Waals surface area contributed by atoms with E-state index in [4.69, 9.17) is 4.99 Å². The quantitative estimate of drug-likeness (QED) is 0.795. The standard InChI is InChI=1S/C20H29N5O2/c1-14(2)11-12-25-16-17(23(4)20(27)24(5)18(16)26)21-19(25)22(3)13-15-9-7-6-8-10-15/h6-10,14,16-17H,11-13H2,1-5H3. The molecule has 0 bridgehead atoms. The van der Waals surface area contributed by atoms with Crippen LogP contribution in [-0.2, 0) is 11.3 Å². The highest BCUT2D eigenvalue weighted by molar-refractivity contribution is 6.03. The van der Waals surface area contributed by atoms with Crippen LogP contribution in [-0.4, -0.2) is 77.4 Å². The van der Waals surface area contributed by atoms with E-state index in [1.807, 2.05) is 25.2 Å². The summed E-state index contributed by atoms with van der Waals surface area (Å²) in [4.78, 5) is 37.0. The second kappa shape index (κ2) is 7.58. The lowest BCUT2D eigenvalue weighted by Crippen LogP contribution is -2.64. The van der Waals surface area contributed by atoms with Crippen LogP contribution in [0.25, 0.3) is 0 Å². The number of amides is 3. The highest BCUT2D eigenvalue weighted by Crippen LogP contribution is 2.29. The molecule has 0 saturated carbocycles. The Morgan fingerprint density at radius 1 is 1.15 bits per heavy atom. The molecule has 1 fully saturated rings. The zero-order valence-corrected chi connectivity index (χ0v) is 16.8. The number of benzene rings is 1. The van der Waals surface area contributed by atoms with Gasteiger partial charge >= 0.3 is 6.03 Å². The van der Waals surface area contributed by atoms with Gasteiger partial charge in [0.15, 0.2) is 18.2 Å². The second-order valence-corrected chi connectivity index (χ2v) is 7.80. The van der Waals surface area contributed by atoms with Gasteiger partial charge in [-0.25, -0.2) is 9.79 Å². The molecule has 3 rings (SSSR count). The molecule has 1 saturated heterocycles. The summed E-state index contributed by atoms with van der Waals surface area (Å²) in [6.07, 6.45) is 0.484. The summed E-state index contributed by atoms with van der Waals surface area (Å²) in [7, 11) is 5.25. The van der Waals surface area contributed by atoms with Crippen LogP contribution in [0.2, 0.25) is 0 Å². The molecule has 2 atom stereocenters. The van der Waals surface area contributed by atoms with Crippen molar-refractivity contribution in [3.8, 4) is 0 Å². The van der Waals surface area contributed by atoms with E-state index in [0.717, 1.165) is 18.9 Å². The number of rotatable bonds is 5. The maximum Gasteiger partial charge on any atom is 0.328 e. The summed E-state index contributed by atoms with van der Waals surface area (Å²) in [5.74, 6) is 1.11. The van der Waals surface area contributed by atoms with Crippen LogP contribution in [0, 0.1) is 5.92 Å². The Hall–Kier alpha value is -2.57. The Morgan fingerprint density at radius 3 is 2.44 bits per heavy atom. The zero-order chi connectivity index (χ0) is 19.7. The molecule has 0 spiro atoms. The third kappa shape index (κ3) is 3.63. The van der Waals surface area contributed by atoms with E-state index in [-0.39, 0.29) is 11.9 Å². The lowest BCUT2D eigenvalue weighted by Gasteiger charge is -2.40. The maximum atomic E-state index is 12.9. The van der Waals surface area contributed by atoms with Crippen LogP contribution in [0.3, 0.4) is 0 Å². The number of nitrogens with zero attached hydrogens (tertiary/aromatic N) is 5. The number of hydrogen-bond acceptors (Lipinski definition) is 5. The first kappa shape index (κ1) is 19.2. The number of likely N-dealkylation sites (N-methyl/N-ethyl adjacent to an activating group) is 2. The largest absolute Gasteiger partial charge is 0.341 e. The predicted molar refractivity (Wildman–Crippen MR) is 105 cm³/mol. The fraction of sp³-hybridized carbons (Fsp3) is 0.550. The Balaban J connectivity index is 1.89. The van der Waals surface area contributed by atoms with Crippen molar-refractivity contribution in [3.63, 3.8) is 0 Å². The number of guanidine groups is 1. The highest BCUT2D eigenvalue weighted by Gasteiger charge is 2.51. The lowest BCUT2D eigenvalue weighted by atomic mass is 10.1. The molecule has 2 aliphatic rings. The Kier molecular flexibility index (Phi) is 5.39. The predicted octanol–water partition coefficient (Wildman–Crippen LogP) is 2.05. The fourth-order valence-corrected chi connectivity index (χ4v) is 3.63. The molecule has 7 nitrogen and oxygen atoms in total. The zero-order valence-electron chi connectivity index (χ0n) is 16.8. The van der Waals surface area contributed by atoms with E-state index in [1.54, 1.807) is 19.0 Å². The molecular weight excluding hydrogens is 342 g/mol. The van der Waals surface area contributed by atoms with Gasteiger partial charge in [-0.2, -0.15) is 0 Å². The normalized spacial score (nSPS) is 22.4. The average Bonchev–Trinajstić information content (AvgIpc) is 3.03. The minimum atomic E-state index is -0.471. The third-order valence-corrected chi connectivity index (χ3v) is 5.24. The van der Waals surface area contributed by atoms with Crippen LogP contribution in [0.1, 0.15) is 25.8 Å². The van der Waals surface area contributed by atoms with Crippen molar-refractivity contribution >= 4 is 17.9 Å². The van der Waals surface area contributed by atoms with Gasteiger partial charge in [0.25, 0.3) is 5.91 Å². The first-order chi connectivity index (χ1) is 12.8. The summed E-state index contributed by atoms with van der Waals surface area (Å²) < 4.78 is 0. The van der Waals surface area contributed by atoms with Gasteiger partial charge in [0.1, 0.15) is 0 Å². The number of aliphatic imine (C=N–C) groups is 1. The molecule has 2 unspecified atom stereocenters. The SMILES string of the molecule is CC(C)CCN1C(N(C)Cc2ccccc2)=NC2C1C(=O)N(C)C(=O)N2C. The summed E-state index contributed by atoms with van der Waals surface area (Å²) in [6, 6.07) is 9.42. The fourth-order valence-electron chi connectivity index (χ4n) is 3.63. The number of carbonyl (C=O) groups is 2. The number of hydrogen-bond donors (Lipinski definition) is 0. The van der Waals surface area contributed by atoms with Crippen LogP contribution in [0.5, 0.6) is 0 Å². The maximum absolute atomic E-state index is 12.9. The van der Waals surface area contributed by atoms with E-state index < -0.39 is 12.2 Å². The summed E-state index contributed by atoms with van der Waals surface area (Å²) in [5, 5.41) is 0. The number of carbonyl (C=O) groups excluding carboxylic acids is 2. The molecule has 146 valence electrons. The van der Waals surface area contributed by atoms with Gasteiger partial charge in [0.2, 0.25) is 0 Å². The molecular formula is C20H29N5O2. The molecule has 2 heterocycles. The molecule has 0 aliphatic carbocycles. The topological polar surface area (TPSA) is 59.5 Å². The van der Waals surface area contributed by atoms with Crippen molar-refractivity contribution in [3.05, 3.63) is 35.9 Å². The van der Waals surface area contributed by atoms with E-state index in [0.29, 0.717) is 12.5 Å². The van der Waals surface area contributed by atoms with Gasteiger partial charge in [0.05, 0.1) is 0 Å².